The predicted molar refractivity (Wildman–Crippen MR) is 137 cm³/mol. The minimum absolute atomic E-state index is 0.136. The summed E-state index contributed by atoms with van der Waals surface area (Å²) in [6.07, 6.45) is 2.22. The molecule has 2 atom stereocenters. The molecule has 0 spiro atoms. The Morgan fingerprint density at radius 3 is 2.64 bits per heavy atom. The van der Waals surface area contributed by atoms with E-state index in [0.717, 1.165) is 18.9 Å². The van der Waals surface area contributed by atoms with Gasteiger partial charge in [-0.3, -0.25) is 0 Å². The standard InChI is InChI=1S/C30H27F2NO3/c1-19(23-12-5-9-20-8-2-3-11-24(20)23)7-4-10-22-18-33(28-14-6-13-27(32)29(28)36-22)21-15-16-26(31)25(17-21)30(34)35/h2-3,5-6,8-9,11-17,19,22H,4,7,10,18H2,1H3,(H,34,35)/t19-,22?/m0/s1. The Hall–Kier alpha value is -3.93. The molecule has 0 saturated carbocycles. The van der Waals surface area contributed by atoms with E-state index in [1.165, 1.54) is 34.5 Å². The number of halogens is 2. The summed E-state index contributed by atoms with van der Waals surface area (Å²) >= 11 is 0. The van der Waals surface area contributed by atoms with E-state index in [1.54, 1.807) is 12.1 Å². The van der Waals surface area contributed by atoms with Gasteiger partial charge in [-0.15, -0.1) is 0 Å². The molecule has 4 aromatic carbocycles. The first-order chi connectivity index (χ1) is 17.4. The summed E-state index contributed by atoms with van der Waals surface area (Å²) in [6.45, 7) is 2.63. The maximum Gasteiger partial charge on any atom is 0.338 e. The quantitative estimate of drug-likeness (QED) is 0.290. The lowest BCUT2D eigenvalue weighted by atomic mass is 9.90. The zero-order chi connectivity index (χ0) is 25.2. The molecule has 1 aliphatic heterocycles. The smallest absolute Gasteiger partial charge is 0.338 e. The maximum atomic E-state index is 14.7. The molecular formula is C30H27F2NO3. The van der Waals surface area contributed by atoms with Gasteiger partial charge in [0.25, 0.3) is 0 Å². The van der Waals surface area contributed by atoms with Crippen molar-refractivity contribution in [2.75, 3.05) is 11.4 Å². The Bertz CT molecular complexity index is 1420. The van der Waals surface area contributed by atoms with E-state index in [2.05, 4.69) is 43.3 Å². The normalized spacial score (nSPS) is 15.9. The molecule has 0 aliphatic carbocycles. The number of para-hydroxylation sites is 1. The maximum absolute atomic E-state index is 14.7. The predicted octanol–water partition coefficient (Wildman–Crippen LogP) is 7.69. The SMILES string of the molecule is C[C@@H](CCCC1CN(c2ccc(F)c(C(=O)O)c2)c2cccc(F)c2O1)c1cccc2ccccc12. The van der Waals surface area contributed by atoms with Crippen LogP contribution in [0.4, 0.5) is 20.2 Å². The van der Waals surface area contributed by atoms with Crippen LogP contribution in [0.5, 0.6) is 5.75 Å². The highest BCUT2D eigenvalue weighted by atomic mass is 19.1. The summed E-state index contributed by atoms with van der Waals surface area (Å²) in [5, 5.41) is 11.8. The summed E-state index contributed by atoms with van der Waals surface area (Å²) in [5.41, 5.74) is 1.87. The van der Waals surface area contributed by atoms with Gasteiger partial charge in [-0.2, -0.15) is 0 Å². The summed E-state index contributed by atoms with van der Waals surface area (Å²) in [5.74, 6) is -2.15. The first-order valence-electron chi connectivity index (χ1n) is 12.2. The number of carbonyl (C=O) groups is 1. The molecule has 1 aliphatic rings. The average molecular weight is 488 g/mol. The Kier molecular flexibility index (Phi) is 6.59. The number of aromatic carboxylic acids is 1. The van der Waals surface area contributed by atoms with E-state index in [0.29, 0.717) is 30.3 Å². The Labute approximate surface area is 208 Å². The van der Waals surface area contributed by atoms with Crippen LogP contribution in [-0.4, -0.2) is 23.7 Å². The fraction of sp³-hybridized carbons (Fsp3) is 0.233. The first-order valence-corrected chi connectivity index (χ1v) is 12.2. The summed E-state index contributed by atoms with van der Waals surface area (Å²) < 4.78 is 34.8. The van der Waals surface area contributed by atoms with Gasteiger partial charge in [-0.05, 0) is 71.8 Å². The van der Waals surface area contributed by atoms with Crippen LogP contribution in [0.25, 0.3) is 10.8 Å². The van der Waals surface area contributed by atoms with Crippen molar-refractivity contribution in [1.29, 1.82) is 0 Å². The molecular weight excluding hydrogens is 460 g/mol. The molecule has 1 unspecified atom stereocenters. The molecule has 0 amide bonds. The van der Waals surface area contributed by atoms with Gasteiger partial charge >= 0.3 is 5.97 Å². The van der Waals surface area contributed by atoms with Crippen LogP contribution < -0.4 is 9.64 Å². The molecule has 0 aromatic heterocycles. The number of rotatable bonds is 7. The molecule has 5 rings (SSSR count). The zero-order valence-corrected chi connectivity index (χ0v) is 20.0. The van der Waals surface area contributed by atoms with Crippen LogP contribution >= 0.6 is 0 Å². The van der Waals surface area contributed by atoms with Crippen molar-refractivity contribution < 1.29 is 23.4 Å². The highest BCUT2D eigenvalue weighted by Crippen LogP contribution is 2.41. The van der Waals surface area contributed by atoms with Gasteiger partial charge in [-0.25, -0.2) is 13.6 Å². The zero-order valence-electron chi connectivity index (χ0n) is 20.0. The van der Waals surface area contributed by atoms with Gasteiger partial charge in [0.15, 0.2) is 11.6 Å². The second-order valence-corrected chi connectivity index (χ2v) is 9.31. The van der Waals surface area contributed by atoms with Crippen molar-refractivity contribution in [3.05, 3.63) is 102 Å². The molecule has 36 heavy (non-hydrogen) atoms. The molecule has 1 N–H and O–H groups in total. The molecule has 4 nitrogen and oxygen atoms in total. The molecule has 1 heterocycles. The largest absolute Gasteiger partial charge is 0.483 e. The van der Waals surface area contributed by atoms with E-state index >= 15 is 0 Å². The number of anilines is 2. The Balaban J connectivity index is 1.34. The minimum Gasteiger partial charge on any atom is -0.483 e. The number of carboxylic acids is 1. The molecule has 0 bridgehead atoms. The van der Waals surface area contributed by atoms with Crippen LogP contribution in [0, 0.1) is 11.6 Å². The average Bonchev–Trinajstić information content (AvgIpc) is 2.88. The van der Waals surface area contributed by atoms with Gasteiger partial charge in [0, 0.05) is 5.69 Å². The van der Waals surface area contributed by atoms with Crippen molar-refractivity contribution in [3.8, 4) is 5.75 Å². The van der Waals surface area contributed by atoms with E-state index < -0.39 is 23.2 Å². The third-order valence-corrected chi connectivity index (χ3v) is 6.92. The van der Waals surface area contributed by atoms with E-state index in [-0.39, 0.29) is 11.9 Å². The van der Waals surface area contributed by atoms with Gasteiger partial charge in [-0.1, -0.05) is 55.5 Å². The van der Waals surface area contributed by atoms with E-state index in [4.69, 9.17) is 4.74 Å². The molecule has 6 heteroatoms. The highest BCUT2D eigenvalue weighted by molar-refractivity contribution is 5.90. The summed E-state index contributed by atoms with van der Waals surface area (Å²) in [6, 6.07) is 23.3. The third kappa shape index (κ3) is 4.63. The number of hydrogen-bond donors (Lipinski definition) is 1. The van der Waals surface area contributed by atoms with Crippen LogP contribution in [0.2, 0.25) is 0 Å². The summed E-state index contributed by atoms with van der Waals surface area (Å²) in [4.78, 5) is 13.3. The van der Waals surface area contributed by atoms with Crippen LogP contribution in [0.3, 0.4) is 0 Å². The second-order valence-electron chi connectivity index (χ2n) is 9.31. The first kappa shape index (κ1) is 23.8. The van der Waals surface area contributed by atoms with E-state index in [9.17, 15) is 18.7 Å². The number of fused-ring (bicyclic) bond motifs is 2. The molecule has 4 aromatic rings. The second kappa shape index (κ2) is 9.97. The van der Waals surface area contributed by atoms with Crippen LogP contribution in [-0.2, 0) is 0 Å². The van der Waals surface area contributed by atoms with Crippen molar-refractivity contribution in [1.82, 2.24) is 0 Å². The molecule has 0 saturated heterocycles. The highest BCUT2D eigenvalue weighted by Gasteiger charge is 2.29. The van der Waals surface area contributed by atoms with Crippen molar-refractivity contribution >= 4 is 28.1 Å². The lowest BCUT2D eigenvalue weighted by Gasteiger charge is -2.36. The minimum atomic E-state index is -1.35. The fourth-order valence-corrected chi connectivity index (χ4v) is 5.06. The number of benzene rings is 4. The topological polar surface area (TPSA) is 49.8 Å². The van der Waals surface area contributed by atoms with Crippen LogP contribution in [0.15, 0.2) is 78.9 Å². The van der Waals surface area contributed by atoms with Gasteiger partial charge < -0.3 is 14.7 Å². The molecule has 0 radical (unpaired) electrons. The van der Waals surface area contributed by atoms with Crippen molar-refractivity contribution in [3.63, 3.8) is 0 Å². The summed E-state index contributed by atoms with van der Waals surface area (Å²) in [7, 11) is 0. The molecule has 0 fully saturated rings. The van der Waals surface area contributed by atoms with Crippen LogP contribution in [0.1, 0.15) is 48.0 Å². The van der Waals surface area contributed by atoms with Crippen molar-refractivity contribution in [2.45, 2.75) is 38.2 Å². The van der Waals surface area contributed by atoms with Crippen molar-refractivity contribution in [2.24, 2.45) is 0 Å². The Morgan fingerprint density at radius 2 is 1.81 bits per heavy atom. The van der Waals surface area contributed by atoms with Gasteiger partial charge in [0.05, 0.1) is 17.8 Å². The fourth-order valence-electron chi connectivity index (χ4n) is 5.06. The lowest BCUT2D eigenvalue weighted by Crippen LogP contribution is -2.37. The number of hydrogen-bond acceptors (Lipinski definition) is 3. The number of nitrogens with zero attached hydrogens (tertiary/aromatic N) is 1. The van der Waals surface area contributed by atoms with Gasteiger partial charge in [0.1, 0.15) is 11.9 Å². The monoisotopic (exact) mass is 487 g/mol. The van der Waals surface area contributed by atoms with E-state index in [1.807, 2.05) is 11.0 Å². The Morgan fingerprint density at radius 1 is 1.03 bits per heavy atom. The lowest BCUT2D eigenvalue weighted by molar-refractivity contribution is 0.0692. The van der Waals surface area contributed by atoms with Gasteiger partial charge in [0.2, 0.25) is 0 Å². The molecule has 184 valence electrons. The number of ether oxygens (including phenoxy) is 1. The third-order valence-electron chi connectivity index (χ3n) is 6.92. The number of carboxylic acid groups (broad SMARTS) is 1.